The molecular weight excluding hydrogens is 108 g/mol. The lowest BCUT2D eigenvalue weighted by Crippen LogP contribution is -2.03. The third-order valence-corrected chi connectivity index (χ3v) is 0.759. The fraction of sp³-hybridized carbons (Fsp3) is 0.600. The van der Waals surface area contributed by atoms with Crippen molar-refractivity contribution in [2.24, 2.45) is 0 Å². The largest absolute Gasteiger partial charge is 0.506 e. The van der Waals surface area contributed by atoms with E-state index >= 15 is 0 Å². The summed E-state index contributed by atoms with van der Waals surface area (Å²) in [5.41, 5.74) is 0. The number of ether oxygens (including phenoxy) is 1. The number of hydrogen-bond donors (Lipinski definition) is 1. The van der Waals surface area contributed by atoms with E-state index in [0.717, 1.165) is 0 Å². The Morgan fingerprint density at radius 2 is 2.25 bits per heavy atom. The quantitative estimate of drug-likeness (QED) is 0.559. The van der Waals surface area contributed by atoms with Crippen LogP contribution in [-0.4, -0.2) is 11.3 Å². The van der Waals surface area contributed by atoms with Gasteiger partial charge in [-0.05, 0) is 13.3 Å². The van der Waals surface area contributed by atoms with Crippen molar-refractivity contribution in [2.45, 2.75) is 20.3 Å². The van der Waals surface area contributed by atoms with Gasteiger partial charge in [0.15, 0.2) is 6.10 Å². The van der Waals surface area contributed by atoms with Gasteiger partial charge in [-0.2, -0.15) is 0 Å². The molecule has 0 bridgehead atoms. The molecule has 0 saturated heterocycles. The van der Waals surface area contributed by atoms with Crippen molar-refractivity contribution in [1.82, 2.24) is 0 Å². The van der Waals surface area contributed by atoms with Crippen LogP contribution in [0.5, 0.6) is 0 Å². The Kier molecular flexibility index (Phi) is 2.99. The Morgan fingerprint density at radius 1 is 1.75 bits per heavy atom. The van der Waals surface area contributed by atoms with Crippen LogP contribution in [0.3, 0.4) is 0 Å². The topological polar surface area (TPSA) is 46.5 Å². The lowest BCUT2D eigenvalue weighted by Gasteiger charge is -2.02. The van der Waals surface area contributed by atoms with Gasteiger partial charge in [-0.15, -0.1) is 0 Å². The first-order valence-electron chi connectivity index (χ1n) is 2.40. The lowest BCUT2D eigenvalue weighted by atomic mass is 10.3. The van der Waals surface area contributed by atoms with Crippen LogP contribution >= 0.6 is 0 Å². The summed E-state index contributed by atoms with van der Waals surface area (Å²) in [6.45, 7) is 3.46. The number of carbonyl (C=O) groups is 1. The highest BCUT2D eigenvalue weighted by atomic mass is 16.7. The summed E-state index contributed by atoms with van der Waals surface area (Å²) in [4.78, 5) is 9.73. The van der Waals surface area contributed by atoms with E-state index in [-0.39, 0.29) is 0 Å². The molecule has 0 saturated carbocycles. The summed E-state index contributed by atoms with van der Waals surface area (Å²) in [6, 6.07) is 0. The third kappa shape index (κ3) is 3.46. The van der Waals surface area contributed by atoms with E-state index in [1.807, 2.05) is 6.92 Å². The molecule has 0 atom stereocenters. The molecule has 1 radical (unpaired) electrons. The lowest BCUT2D eigenvalue weighted by molar-refractivity contribution is 0.0962. The Bertz CT molecular complexity index is 79.7. The van der Waals surface area contributed by atoms with E-state index in [9.17, 15) is 4.79 Å². The van der Waals surface area contributed by atoms with Crippen molar-refractivity contribution >= 4 is 6.16 Å². The number of carboxylic acid groups (broad SMARTS) is 1. The second kappa shape index (κ2) is 3.29. The molecule has 8 heavy (non-hydrogen) atoms. The first-order chi connectivity index (χ1) is 3.66. The van der Waals surface area contributed by atoms with Gasteiger partial charge in [-0.1, -0.05) is 6.92 Å². The Balaban J connectivity index is 3.24. The van der Waals surface area contributed by atoms with Gasteiger partial charge in [-0.3, -0.25) is 0 Å². The van der Waals surface area contributed by atoms with Gasteiger partial charge < -0.3 is 9.84 Å². The van der Waals surface area contributed by atoms with Crippen molar-refractivity contribution in [3.63, 3.8) is 0 Å². The van der Waals surface area contributed by atoms with Crippen LogP contribution in [0.25, 0.3) is 0 Å². The molecule has 0 heterocycles. The summed E-state index contributed by atoms with van der Waals surface area (Å²) < 4.78 is 4.23. The first-order valence-corrected chi connectivity index (χ1v) is 2.40. The molecule has 0 aromatic rings. The molecule has 0 unspecified atom stereocenters. The Morgan fingerprint density at radius 3 is 2.38 bits per heavy atom. The monoisotopic (exact) mass is 117 g/mol. The molecule has 0 aliphatic heterocycles. The van der Waals surface area contributed by atoms with Gasteiger partial charge in [0.05, 0.1) is 0 Å². The van der Waals surface area contributed by atoms with E-state index in [4.69, 9.17) is 5.11 Å². The molecule has 47 valence electrons. The van der Waals surface area contributed by atoms with Crippen LogP contribution in [0.15, 0.2) is 0 Å². The van der Waals surface area contributed by atoms with Gasteiger partial charge in [0, 0.05) is 0 Å². The molecule has 3 nitrogen and oxygen atoms in total. The SMILES string of the molecule is CC[C](C)OC(=O)O. The smallest absolute Gasteiger partial charge is 0.450 e. The second-order valence-electron chi connectivity index (χ2n) is 1.42. The molecule has 0 aromatic heterocycles. The maximum atomic E-state index is 9.73. The van der Waals surface area contributed by atoms with E-state index < -0.39 is 6.16 Å². The Labute approximate surface area is 48.3 Å². The number of rotatable bonds is 2. The second-order valence-corrected chi connectivity index (χ2v) is 1.42. The highest BCUT2D eigenvalue weighted by Gasteiger charge is 2.03. The molecule has 0 fully saturated rings. The fourth-order valence-electron chi connectivity index (χ4n) is 0.221. The van der Waals surface area contributed by atoms with Crippen molar-refractivity contribution in [3.05, 3.63) is 6.10 Å². The standard InChI is InChI=1S/C5H9O3/c1-3-4(2)8-5(6)7/h3H2,1-2H3,(H,6,7). The predicted octanol–water partition coefficient (Wildman–Crippen LogP) is 1.64. The minimum absolute atomic E-state index is 0.525. The minimum Gasteiger partial charge on any atom is -0.450 e. The van der Waals surface area contributed by atoms with Crippen LogP contribution in [0, 0.1) is 6.10 Å². The van der Waals surface area contributed by atoms with Gasteiger partial charge in [0.25, 0.3) is 0 Å². The van der Waals surface area contributed by atoms with E-state index in [2.05, 4.69) is 4.74 Å². The molecule has 0 rings (SSSR count). The molecule has 0 aliphatic rings. The average Bonchev–Trinajstić information content (AvgIpc) is 1.65. The average molecular weight is 117 g/mol. The third-order valence-electron chi connectivity index (χ3n) is 0.759. The van der Waals surface area contributed by atoms with Crippen LogP contribution in [0.1, 0.15) is 20.3 Å². The zero-order valence-corrected chi connectivity index (χ0v) is 4.97. The highest BCUT2D eigenvalue weighted by Crippen LogP contribution is 2.04. The number of hydrogen-bond acceptors (Lipinski definition) is 2. The summed E-state index contributed by atoms with van der Waals surface area (Å²) in [7, 11) is 0. The van der Waals surface area contributed by atoms with Gasteiger partial charge >= 0.3 is 6.16 Å². The molecule has 0 spiro atoms. The predicted molar refractivity (Wildman–Crippen MR) is 28.3 cm³/mol. The van der Waals surface area contributed by atoms with E-state index in [0.29, 0.717) is 12.5 Å². The molecular formula is C5H9O3. The van der Waals surface area contributed by atoms with Crippen molar-refractivity contribution in [2.75, 3.05) is 0 Å². The van der Waals surface area contributed by atoms with Crippen LogP contribution < -0.4 is 0 Å². The van der Waals surface area contributed by atoms with Gasteiger partial charge in [0.1, 0.15) is 0 Å². The molecule has 0 aromatic carbocycles. The highest BCUT2D eigenvalue weighted by molar-refractivity contribution is 5.57. The summed E-state index contributed by atoms with van der Waals surface area (Å²) in [6.07, 6.45) is -0.0615. The first kappa shape index (κ1) is 7.27. The van der Waals surface area contributed by atoms with Gasteiger partial charge in [-0.25, -0.2) is 4.79 Å². The summed E-state index contributed by atoms with van der Waals surface area (Å²) in [5.74, 6) is 0. The Hall–Kier alpha value is -0.730. The minimum atomic E-state index is -1.23. The molecule has 0 aliphatic carbocycles. The molecule has 0 amide bonds. The van der Waals surface area contributed by atoms with Crippen LogP contribution in [0.4, 0.5) is 4.79 Å². The van der Waals surface area contributed by atoms with Crippen molar-refractivity contribution in [3.8, 4) is 0 Å². The zero-order chi connectivity index (χ0) is 6.57. The summed E-state index contributed by atoms with van der Waals surface area (Å²) >= 11 is 0. The fourth-order valence-corrected chi connectivity index (χ4v) is 0.221. The van der Waals surface area contributed by atoms with Crippen LogP contribution in [0.2, 0.25) is 0 Å². The molecule has 1 N–H and O–H groups in total. The maximum Gasteiger partial charge on any atom is 0.506 e. The van der Waals surface area contributed by atoms with Crippen molar-refractivity contribution in [1.29, 1.82) is 0 Å². The van der Waals surface area contributed by atoms with E-state index in [1.165, 1.54) is 0 Å². The van der Waals surface area contributed by atoms with Gasteiger partial charge in [0.2, 0.25) is 0 Å². The van der Waals surface area contributed by atoms with Crippen LogP contribution in [-0.2, 0) is 4.74 Å². The normalized spacial score (nSPS) is 9.38. The zero-order valence-electron chi connectivity index (χ0n) is 4.97. The van der Waals surface area contributed by atoms with E-state index in [1.54, 1.807) is 6.92 Å². The summed E-state index contributed by atoms with van der Waals surface area (Å²) in [5, 5.41) is 7.97. The van der Waals surface area contributed by atoms with Crippen molar-refractivity contribution < 1.29 is 14.6 Å². The molecule has 3 heteroatoms. The maximum absolute atomic E-state index is 9.73.